The van der Waals surface area contributed by atoms with Crippen LogP contribution >= 0.6 is 11.8 Å². The van der Waals surface area contributed by atoms with E-state index < -0.39 is 0 Å². The van der Waals surface area contributed by atoms with E-state index in [0.29, 0.717) is 24.7 Å². The molecule has 0 radical (unpaired) electrons. The number of thioether (sulfide) groups is 1. The largest absolute Gasteiger partial charge is 0.494 e. The minimum Gasteiger partial charge on any atom is -0.494 e. The highest BCUT2D eigenvalue weighted by atomic mass is 32.2. The summed E-state index contributed by atoms with van der Waals surface area (Å²) in [7, 11) is 1.94. The summed E-state index contributed by atoms with van der Waals surface area (Å²) in [6.45, 7) is 1.08. The van der Waals surface area contributed by atoms with Gasteiger partial charge in [0, 0.05) is 26.0 Å². The second-order valence-corrected chi connectivity index (χ2v) is 6.59. The normalized spacial score (nSPS) is 10.7. The van der Waals surface area contributed by atoms with Crippen LogP contribution in [0, 0.1) is 0 Å². The van der Waals surface area contributed by atoms with Crippen molar-refractivity contribution in [3.05, 3.63) is 66.4 Å². The number of amides is 1. The summed E-state index contributed by atoms with van der Waals surface area (Å²) in [5.74, 6) is 2.32. The molecule has 0 aliphatic heterocycles. The third kappa shape index (κ3) is 5.16. The van der Waals surface area contributed by atoms with Gasteiger partial charge in [0.05, 0.1) is 12.4 Å². The Kier molecular flexibility index (Phi) is 6.38. The summed E-state index contributed by atoms with van der Waals surface area (Å²) in [6.07, 6.45) is 4.37. The molecule has 0 aliphatic rings. The van der Waals surface area contributed by atoms with Gasteiger partial charge < -0.3 is 19.0 Å². The summed E-state index contributed by atoms with van der Waals surface area (Å²) < 4.78 is 13.1. The van der Waals surface area contributed by atoms with Crippen molar-refractivity contribution in [2.45, 2.75) is 17.3 Å². The Hall–Kier alpha value is -2.67. The van der Waals surface area contributed by atoms with Crippen LogP contribution in [0.25, 0.3) is 0 Å². The van der Waals surface area contributed by atoms with Gasteiger partial charge in [0.25, 0.3) is 5.91 Å². The lowest BCUT2D eigenvalue weighted by Crippen LogP contribution is -2.25. The van der Waals surface area contributed by atoms with Crippen LogP contribution < -0.4 is 10.1 Å². The van der Waals surface area contributed by atoms with E-state index >= 15 is 0 Å². The molecule has 0 atom stereocenters. The second kappa shape index (κ2) is 9.15. The Labute approximate surface area is 156 Å². The predicted molar refractivity (Wildman–Crippen MR) is 100 cm³/mol. The Morgan fingerprint density at radius 3 is 2.88 bits per heavy atom. The molecule has 2 heterocycles. The second-order valence-electron chi connectivity index (χ2n) is 5.65. The van der Waals surface area contributed by atoms with Crippen LogP contribution in [-0.2, 0) is 12.8 Å². The third-order valence-electron chi connectivity index (χ3n) is 3.62. The number of aryl methyl sites for hydroxylation is 1. The van der Waals surface area contributed by atoms with Gasteiger partial charge in [-0.2, -0.15) is 0 Å². The number of imidazole rings is 1. The molecular weight excluding hydrogens is 350 g/mol. The van der Waals surface area contributed by atoms with Gasteiger partial charge in [-0.25, -0.2) is 4.98 Å². The van der Waals surface area contributed by atoms with Crippen LogP contribution in [0.4, 0.5) is 0 Å². The number of aromatic nitrogens is 2. The van der Waals surface area contributed by atoms with Crippen LogP contribution in [0.3, 0.4) is 0 Å². The van der Waals surface area contributed by atoms with Gasteiger partial charge in [0.15, 0.2) is 10.9 Å². The van der Waals surface area contributed by atoms with Crippen molar-refractivity contribution in [2.24, 2.45) is 7.05 Å². The summed E-state index contributed by atoms with van der Waals surface area (Å²) in [5.41, 5.74) is 0. The maximum atomic E-state index is 12.1. The van der Waals surface area contributed by atoms with Gasteiger partial charge in [-0.3, -0.25) is 4.79 Å². The molecular formula is C19H21N3O3S. The molecule has 7 heteroatoms. The molecule has 0 unspecified atom stereocenters. The molecule has 0 spiro atoms. The van der Waals surface area contributed by atoms with Crippen molar-refractivity contribution >= 4 is 17.7 Å². The van der Waals surface area contributed by atoms with E-state index in [1.165, 1.54) is 0 Å². The zero-order chi connectivity index (χ0) is 18.2. The zero-order valence-electron chi connectivity index (χ0n) is 14.6. The molecule has 0 aliphatic carbocycles. The smallest absolute Gasteiger partial charge is 0.286 e. The molecule has 2 aromatic heterocycles. The fraction of sp³-hybridized carbons (Fsp3) is 0.263. The van der Waals surface area contributed by atoms with Crippen molar-refractivity contribution in [3.63, 3.8) is 0 Å². The molecule has 1 amide bonds. The minimum absolute atomic E-state index is 0.210. The number of ether oxygens (including phenoxy) is 1. The number of benzene rings is 1. The number of para-hydroxylation sites is 1. The van der Waals surface area contributed by atoms with Crippen LogP contribution in [0.2, 0.25) is 0 Å². The molecule has 0 fully saturated rings. The van der Waals surface area contributed by atoms with E-state index in [4.69, 9.17) is 9.15 Å². The average molecular weight is 371 g/mol. The molecule has 1 aromatic carbocycles. The standard InChI is InChI=1S/C19H21N3O3S/c1-22-12-11-21-19(22)26-14-16-8-9-17(25-16)18(23)20-10-5-13-24-15-6-3-2-4-7-15/h2-4,6-9,11-12H,5,10,13-14H2,1H3,(H,20,23). The first kappa shape index (κ1) is 18.1. The highest BCUT2D eigenvalue weighted by molar-refractivity contribution is 7.98. The maximum Gasteiger partial charge on any atom is 0.286 e. The summed E-state index contributed by atoms with van der Waals surface area (Å²) in [4.78, 5) is 16.4. The van der Waals surface area contributed by atoms with Crippen LogP contribution in [-0.4, -0.2) is 28.6 Å². The van der Waals surface area contributed by atoms with Crippen molar-refractivity contribution < 1.29 is 13.9 Å². The van der Waals surface area contributed by atoms with Crippen molar-refractivity contribution in [1.82, 2.24) is 14.9 Å². The lowest BCUT2D eigenvalue weighted by Gasteiger charge is -2.06. The Morgan fingerprint density at radius 1 is 1.27 bits per heavy atom. The topological polar surface area (TPSA) is 69.3 Å². The molecule has 1 N–H and O–H groups in total. The van der Waals surface area contributed by atoms with Crippen molar-refractivity contribution in [3.8, 4) is 5.75 Å². The number of rotatable bonds is 9. The fourth-order valence-corrected chi connectivity index (χ4v) is 3.10. The van der Waals surface area contributed by atoms with Gasteiger partial charge in [0.1, 0.15) is 11.5 Å². The zero-order valence-corrected chi connectivity index (χ0v) is 15.4. The summed E-state index contributed by atoms with van der Waals surface area (Å²) >= 11 is 1.56. The van der Waals surface area contributed by atoms with E-state index in [0.717, 1.165) is 23.1 Å². The van der Waals surface area contributed by atoms with Crippen LogP contribution in [0.15, 0.2) is 64.4 Å². The van der Waals surface area contributed by atoms with E-state index in [1.807, 2.05) is 54.2 Å². The Balaban J connectivity index is 1.37. The SMILES string of the molecule is Cn1ccnc1SCc1ccc(C(=O)NCCCOc2ccccc2)o1. The monoisotopic (exact) mass is 371 g/mol. The van der Waals surface area contributed by atoms with E-state index in [2.05, 4.69) is 10.3 Å². The molecule has 3 aromatic rings. The molecule has 0 saturated heterocycles. The third-order valence-corrected chi connectivity index (χ3v) is 4.70. The predicted octanol–water partition coefficient (Wildman–Crippen LogP) is 3.50. The van der Waals surface area contributed by atoms with Crippen molar-refractivity contribution in [1.29, 1.82) is 0 Å². The highest BCUT2D eigenvalue weighted by Gasteiger charge is 2.11. The quantitative estimate of drug-likeness (QED) is 0.460. The first-order valence-corrected chi connectivity index (χ1v) is 9.36. The lowest BCUT2D eigenvalue weighted by molar-refractivity contribution is 0.0922. The van der Waals surface area contributed by atoms with Crippen LogP contribution in [0.5, 0.6) is 5.75 Å². The molecule has 0 saturated carbocycles. The molecule has 3 rings (SSSR count). The van der Waals surface area contributed by atoms with E-state index in [9.17, 15) is 4.79 Å². The lowest BCUT2D eigenvalue weighted by atomic mass is 10.3. The van der Waals surface area contributed by atoms with Gasteiger partial charge >= 0.3 is 0 Å². The molecule has 136 valence electrons. The van der Waals surface area contributed by atoms with Crippen molar-refractivity contribution in [2.75, 3.05) is 13.2 Å². The van der Waals surface area contributed by atoms with Gasteiger partial charge in [0.2, 0.25) is 0 Å². The Bertz CT molecular complexity index is 829. The number of hydrogen-bond donors (Lipinski definition) is 1. The van der Waals surface area contributed by atoms with E-state index in [-0.39, 0.29) is 5.91 Å². The highest BCUT2D eigenvalue weighted by Crippen LogP contribution is 2.21. The summed E-state index contributed by atoms with van der Waals surface area (Å²) in [6, 6.07) is 13.1. The first-order valence-electron chi connectivity index (χ1n) is 8.37. The number of carbonyl (C=O) groups excluding carboxylic acids is 1. The fourth-order valence-electron chi connectivity index (χ4n) is 2.27. The number of nitrogens with one attached hydrogen (secondary N) is 1. The van der Waals surface area contributed by atoms with Gasteiger partial charge in [-0.15, -0.1) is 0 Å². The maximum absolute atomic E-state index is 12.1. The number of furan rings is 1. The number of carbonyl (C=O) groups is 1. The van der Waals surface area contributed by atoms with Crippen LogP contribution in [0.1, 0.15) is 22.7 Å². The van der Waals surface area contributed by atoms with E-state index in [1.54, 1.807) is 24.0 Å². The molecule has 6 nitrogen and oxygen atoms in total. The number of hydrogen-bond acceptors (Lipinski definition) is 5. The molecule has 0 bridgehead atoms. The minimum atomic E-state index is -0.210. The van der Waals surface area contributed by atoms with Gasteiger partial charge in [-0.1, -0.05) is 30.0 Å². The van der Waals surface area contributed by atoms with Gasteiger partial charge in [-0.05, 0) is 30.7 Å². The summed E-state index contributed by atoms with van der Waals surface area (Å²) in [5, 5.41) is 3.75. The molecule has 26 heavy (non-hydrogen) atoms. The first-order chi connectivity index (χ1) is 12.7. The number of nitrogens with zero attached hydrogens (tertiary/aromatic N) is 2. The average Bonchev–Trinajstić information content (AvgIpc) is 3.29. The Morgan fingerprint density at radius 2 is 2.12 bits per heavy atom.